The van der Waals surface area contributed by atoms with Crippen LogP contribution in [0, 0.1) is 0 Å². The maximum Gasteiger partial charge on any atom is 0.335 e. The number of carboxylic acid groups (broad SMARTS) is 1. The molecule has 4 nitrogen and oxygen atoms in total. The number of hydrogen-bond donors (Lipinski definition) is 2. The smallest absolute Gasteiger partial charge is 0.335 e. The van der Waals surface area contributed by atoms with E-state index in [2.05, 4.69) is 4.98 Å². The van der Waals surface area contributed by atoms with E-state index >= 15 is 0 Å². The van der Waals surface area contributed by atoms with Crippen LogP contribution in [0.3, 0.4) is 0 Å². The molecule has 1 heterocycles. The van der Waals surface area contributed by atoms with Crippen LogP contribution in [0.25, 0.3) is 22.3 Å². The summed E-state index contributed by atoms with van der Waals surface area (Å²) in [6.45, 7) is 0. The average Bonchev–Trinajstić information content (AvgIpc) is 2.56. The van der Waals surface area contributed by atoms with E-state index in [1.54, 1.807) is 42.6 Å². The minimum atomic E-state index is -0.950. The van der Waals surface area contributed by atoms with E-state index in [1.807, 2.05) is 18.2 Å². The first-order valence-electron chi connectivity index (χ1n) is 6.90. The Morgan fingerprint density at radius 2 is 1.57 bits per heavy atom. The Hall–Kier alpha value is -2.85. The van der Waals surface area contributed by atoms with Gasteiger partial charge in [-0.3, -0.25) is 0 Å². The third-order valence-corrected chi connectivity index (χ3v) is 3.79. The summed E-state index contributed by atoms with van der Waals surface area (Å²) < 4.78 is 0. The fourth-order valence-electron chi connectivity index (χ4n) is 2.30. The molecule has 5 heteroatoms. The maximum atomic E-state index is 10.9. The third kappa shape index (κ3) is 3.17. The highest BCUT2D eigenvalue weighted by Gasteiger charge is 2.08. The summed E-state index contributed by atoms with van der Waals surface area (Å²) in [5.74, 6) is -0.521. The van der Waals surface area contributed by atoms with Crippen LogP contribution in [0.5, 0.6) is 0 Å². The number of anilines is 1. The van der Waals surface area contributed by atoms with Crippen LogP contribution in [-0.4, -0.2) is 16.1 Å². The van der Waals surface area contributed by atoms with E-state index in [1.165, 1.54) is 0 Å². The van der Waals surface area contributed by atoms with E-state index in [0.29, 0.717) is 10.8 Å². The molecule has 0 bridgehead atoms. The number of halogens is 1. The predicted molar refractivity (Wildman–Crippen MR) is 91.5 cm³/mol. The molecule has 1 aromatic heterocycles. The second-order valence-corrected chi connectivity index (χ2v) is 5.48. The van der Waals surface area contributed by atoms with Gasteiger partial charge in [0.15, 0.2) is 0 Å². The summed E-state index contributed by atoms with van der Waals surface area (Å²) in [5.41, 5.74) is 9.69. The van der Waals surface area contributed by atoms with Crippen molar-refractivity contribution in [1.29, 1.82) is 0 Å². The van der Waals surface area contributed by atoms with Crippen molar-refractivity contribution < 1.29 is 9.90 Å². The Kier molecular flexibility index (Phi) is 4.00. The maximum absolute atomic E-state index is 10.9. The Morgan fingerprint density at radius 1 is 0.957 bits per heavy atom. The first kappa shape index (κ1) is 15.1. The molecule has 3 aromatic rings. The van der Waals surface area contributed by atoms with Gasteiger partial charge in [0.05, 0.1) is 5.56 Å². The van der Waals surface area contributed by atoms with Gasteiger partial charge in [0.2, 0.25) is 0 Å². The second-order valence-electron chi connectivity index (χ2n) is 5.05. The number of hydrogen-bond acceptors (Lipinski definition) is 3. The number of carbonyl (C=O) groups is 1. The molecule has 0 unspecified atom stereocenters. The number of benzene rings is 2. The number of nitrogens with two attached hydrogens (primary N) is 1. The van der Waals surface area contributed by atoms with Crippen molar-refractivity contribution in [3.8, 4) is 22.3 Å². The second kappa shape index (κ2) is 6.10. The van der Waals surface area contributed by atoms with Crippen LogP contribution in [-0.2, 0) is 0 Å². The lowest BCUT2D eigenvalue weighted by Crippen LogP contribution is -1.96. The third-order valence-electron chi connectivity index (χ3n) is 3.54. The van der Waals surface area contributed by atoms with Gasteiger partial charge in [-0.1, -0.05) is 35.9 Å². The largest absolute Gasteiger partial charge is 0.478 e. The van der Waals surface area contributed by atoms with Gasteiger partial charge in [0.1, 0.15) is 5.82 Å². The lowest BCUT2D eigenvalue weighted by Gasteiger charge is -2.09. The summed E-state index contributed by atoms with van der Waals surface area (Å²) in [6.07, 6.45) is 1.67. The number of carboxylic acids is 1. The lowest BCUT2D eigenvalue weighted by molar-refractivity contribution is 0.0697. The normalized spacial score (nSPS) is 10.5. The van der Waals surface area contributed by atoms with Crippen molar-refractivity contribution in [1.82, 2.24) is 4.98 Å². The lowest BCUT2D eigenvalue weighted by atomic mass is 10.0. The van der Waals surface area contributed by atoms with Crippen LogP contribution in [0.1, 0.15) is 10.4 Å². The molecule has 0 fully saturated rings. The first-order chi connectivity index (χ1) is 11.0. The number of nitrogens with zero attached hydrogens (tertiary/aromatic N) is 1. The van der Waals surface area contributed by atoms with Gasteiger partial charge in [-0.05, 0) is 41.5 Å². The van der Waals surface area contributed by atoms with Crippen molar-refractivity contribution in [3.05, 3.63) is 71.4 Å². The Balaban J connectivity index is 2.03. The zero-order valence-corrected chi connectivity index (χ0v) is 12.8. The van der Waals surface area contributed by atoms with Crippen LogP contribution < -0.4 is 5.73 Å². The van der Waals surface area contributed by atoms with Gasteiger partial charge in [-0.2, -0.15) is 0 Å². The Morgan fingerprint density at radius 3 is 2.17 bits per heavy atom. The van der Waals surface area contributed by atoms with Crippen molar-refractivity contribution in [2.24, 2.45) is 0 Å². The summed E-state index contributed by atoms with van der Waals surface area (Å²) >= 11 is 5.91. The van der Waals surface area contributed by atoms with Crippen LogP contribution in [0.4, 0.5) is 5.82 Å². The standard InChI is InChI=1S/C18H13ClN2O2/c19-15-7-5-12(6-8-15)16-9-14(10-21-17(16)20)11-1-3-13(4-2-11)18(22)23/h1-10H,(H2,20,21)(H,22,23). The van der Waals surface area contributed by atoms with E-state index in [4.69, 9.17) is 22.4 Å². The number of rotatable bonds is 3. The topological polar surface area (TPSA) is 76.2 Å². The molecule has 0 spiro atoms. The van der Waals surface area contributed by atoms with E-state index < -0.39 is 5.97 Å². The molecule has 0 aliphatic rings. The van der Waals surface area contributed by atoms with Gasteiger partial charge in [-0.25, -0.2) is 9.78 Å². The Labute approximate surface area is 138 Å². The monoisotopic (exact) mass is 324 g/mol. The predicted octanol–water partition coefficient (Wildman–Crippen LogP) is 4.35. The molecule has 23 heavy (non-hydrogen) atoms. The molecule has 0 aliphatic carbocycles. The molecule has 0 atom stereocenters. The summed E-state index contributed by atoms with van der Waals surface area (Å²) in [6, 6.07) is 15.9. The molecule has 114 valence electrons. The van der Waals surface area contributed by atoms with Crippen LogP contribution >= 0.6 is 11.6 Å². The van der Waals surface area contributed by atoms with Gasteiger partial charge in [0.25, 0.3) is 0 Å². The molecule has 2 aromatic carbocycles. The molecule has 3 N–H and O–H groups in total. The summed E-state index contributed by atoms with van der Waals surface area (Å²) in [7, 11) is 0. The van der Waals surface area contributed by atoms with Crippen LogP contribution in [0.2, 0.25) is 5.02 Å². The summed E-state index contributed by atoms with van der Waals surface area (Å²) in [5, 5.41) is 9.61. The van der Waals surface area contributed by atoms with Crippen molar-refractivity contribution in [3.63, 3.8) is 0 Å². The molecular weight excluding hydrogens is 312 g/mol. The quantitative estimate of drug-likeness (QED) is 0.751. The van der Waals surface area contributed by atoms with Crippen LogP contribution in [0.15, 0.2) is 60.8 Å². The number of pyridine rings is 1. The molecular formula is C18H13ClN2O2. The molecule has 3 rings (SSSR count). The SMILES string of the molecule is Nc1ncc(-c2ccc(C(=O)O)cc2)cc1-c1ccc(Cl)cc1. The van der Waals surface area contributed by atoms with Crippen molar-refractivity contribution in [2.45, 2.75) is 0 Å². The summed E-state index contributed by atoms with van der Waals surface area (Å²) in [4.78, 5) is 15.2. The first-order valence-corrected chi connectivity index (χ1v) is 7.27. The van der Waals surface area contributed by atoms with Gasteiger partial charge >= 0.3 is 5.97 Å². The zero-order chi connectivity index (χ0) is 16.4. The van der Waals surface area contributed by atoms with Crippen molar-refractivity contribution >= 4 is 23.4 Å². The van der Waals surface area contributed by atoms with Crippen molar-refractivity contribution in [2.75, 3.05) is 5.73 Å². The molecule has 0 aliphatic heterocycles. The number of nitrogen functional groups attached to an aromatic ring is 1. The highest BCUT2D eigenvalue weighted by molar-refractivity contribution is 6.30. The van der Waals surface area contributed by atoms with E-state index in [9.17, 15) is 4.79 Å². The van der Waals surface area contributed by atoms with Gasteiger partial charge < -0.3 is 10.8 Å². The molecule has 0 amide bonds. The number of aromatic carboxylic acids is 1. The fraction of sp³-hybridized carbons (Fsp3) is 0. The van der Waals surface area contributed by atoms with E-state index in [0.717, 1.165) is 22.3 Å². The number of aromatic nitrogens is 1. The highest BCUT2D eigenvalue weighted by Crippen LogP contribution is 2.30. The van der Waals surface area contributed by atoms with E-state index in [-0.39, 0.29) is 5.56 Å². The minimum Gasteiger partial charge on any atom is -0.478 e. The zero-order valence-electron chi connectivity index (χ0n) is 12.0. The van der Waals surface area contributed by atoms with Gasteiger partial charge in [-0.15, -0.1) is 0 Å². The minimum absolute atomic E-state index is 0.245. The average molecular weight is 325 g/mol. The van der Waals surface area contributed by atoms with Gasteiger partial charge in [0, 0.05) is 22.3 Å². The highest BCUT2D eigenvalue weighted by atomic mass is 35.5. The Bertz CT molecular complexity index is 859. The molecule has 0 saturated carbocycles. The fourth-order valence-corrected chi connectivity index (χ4v) is 2.43. The molecule has 0 radical (unpaired) electrons. The molecule has 0 saturated heterocycles.